The number of benzene rings is 2. The molecule has 140 valence electrons. The first-order chi connectivity index (χ1) is 12.9. The summed E-state index contributed by atoms with van der Waals surface area (Å²) in [5.41, 5.74) is 2.36. The molecular formula is C20H20N2O5. The first kappa shape index (κ1) is 19.7. The molecule has 0 fully saturated rings. The molecule has 0 saturated heterocycles. The van der Waals surface area contributed by atoms with Gasteiger partial charge >= 0.3 is 11.9 Å². The minimum Gasteiger partial charge on any atom is -0.466 e. The second kappa shape index (κ2) is 9.19. The molecule has 7 heteroatoms. The molecule has 0 spiro atoms. The molecule has 2 aromatic rings. The van der Waals surface area contributed by atoms with Crippen LogP contribution in [0, 0.1) is 6.92 Å². The van der Waals surface area contributed by atoms with E-state index in [2.05, 4.69) is 20.1 Å². The average Bonchev–Trinajstić information content (AvgIpc) is 2.68. The Bertz CT molecular complexity index is 889. The maximum atomic E-state index is 12.5. The van der Waals surface area contributed by atoms with E-state index < -0.39 is 11.9 Å². The van der Waals surface area contributed by atoms with Gasteiger partial charge in [0.15, 0.2) is 0 Å². The number of esters is 2. The van der Waals surface area contributed by atoms with E-state index in [1.165, 1.54) is 14.2 Å². The number of rotatable bonds is 6. The van der Waals surface area contributed by atoms with Crippen LogP contribution in [0.3, 0.4) is 0 Å². The van der Waals surface area contributed by atoms with E-state index >= 15 is 0 Å². The van der Waals surface area contributed by atoms with Crippen molar-refractivity contribution in [1.82, 2.24) is 0 Å². The summed E-state index contributed by atoms with van der Waals surface area (Å²) in [4.78, 5) is 35.8. The number of ether oxygens (including phenoxy) is 2. The largest absolute Gasteiger partial charge is 0.466 e. The van der Waals surface area contributed by atoms with Crippen molar-refractivity contribution >= 4 is 29.2 Å². The molecular weight excluding hydrogens is 348 g/mol. The second-order valence-corrected chi connectivity index (χ2v) is 5.55. The minimum atomic E-state index is -0.741. The zero-order valence-corrected chi connectivity index (χ0v) is 15.2. The van der Waals surface area contributed by atoms with Gasteiger partial charge in [0.1, 0.15) is 5.70 Å². The summed E-state index contributed by atoms with van der Waals surface area (Å²) in [7, 11) is 2.39. The number of hydrogen-bond donors (Lipinski definition) is 2. The summed E-state index contributed by atoms with van der Waals surface area (Å²) in [6.07, 6.45) is 0.978. The van der Waals surface area contributed by atoms with Crippen molar-refractivity contribution in [3.8, 4) is 0 Å². The van der Waals surface area contributed by atoms with E-state index in [0.717, 1.165) is 11.6 Å². The van der Waals surface area contributed by atoms with Gasteiger partial charge in [0.2, 0.25) is 0 Å². The molecule has 0 aromatic heterocycles. The number of amides is 1. The maximum Gasteiger partial charge on any atom is 0.354 e. The molecule has 0 atom stereocenters. The van der Waals surface area contributed by atoms with Crippen molar-refractivity contribution in [2.75, 3.05) is 24.9 Å². The Morgan fingerprint density at radius 1 is 0.926 bits per heavy atom. The smallest absolute Gasteiger partial charge is 0.354 e. The molecule has 0 bridgehead atoms. The lowest BCUT2D eigenvalue weighted by atomic mass is 10.1. The van der Waals surface area contributed by atoms with Gasteiger partial charge < -0.3 is 20.1 Å². The molecule has 2 aromatic carbocycles. The Morgan fingerprint density at radius 2 is 1.67 bits per heavy atom. The van der Waals surface area contributed by atoms with Crippen molar-refractivity contribution in [3.05, 3.63) is 71.4 Å². The number of carbonyl (C=O) groups excluding carboxylic acids is 3. The van der Waals surface area contributed by atoms with E-state index in [-0.39, 0.29) is 11.6 Å². The fourth-order valence-electron chi connectivity index (χ4n) is 2.23. The summed E-state index contributed by atoms with van der Waals surface area (Å²) < 4.78 is 9.17. The highest BCUT2D eigenvalue weighted by atomic mass is 16.5. The molecule has 0 aliphatic carbocycles. The van der Waals surface area contributed by atoms with Gasteiger partial charge in [0, 0.05) is 16.9 Å². The fourth-order valence-corrected chi connectivity index (χ4v) is 2.23. The lowest BCUT2D eigenvalue weighted by molar-refractivity contribution is -0.138. The van der Waals surface area contributed by atoms with Crippen LogP contribution in [-0.2, 0) is 19.1 Å². The van der Waals surface area contributed by atoms with Gasteiger partial charge in [-0.2, -0.15) is 0 Å². The number of aryl methyl sites for hydroxylation is 1. The number of anilines is 2. The van der Waals surface area contributed by atoms with Gasteiger partial charge in [0.05, 0.1) is 20.3 Å². The highest BCUT2D eigenvalue weighted by Gasteiger charge is 2.14. The molecule has 0 unspecified atom stereocenters. The van der Waals surface area contributed by atoms with Crippen LogP contribution in [0.2, 0.25) is 0 Å². The SMILES string of the molecule is COC(=O)/C=C(/Nc1cccc(C(=O)Nc2ccccc2C)c1)C(=O)OC. The second-order valence-electron chi connectivity index (χ2n) is 5.55. The number of methoxy groups -OCH3 is 2. The predicted molar refractivity (Wildman–Crippen MR) is 101 cm³/mol. The number of hydrogen-bond acceptors (Lipinski definition) is 6. The highest BCUT2D eigenvalue weighted by Crippen LogP contribution is 2.18. The van der Waals surface area contributed by atoms with E-state index in [0.29, 0.717) is 16.9 Å². The molecule has 0 aliphatic heterocycles. The van der Waals surface area contributed by atoms with Crippen LogP contribution in [0.5, 0.6) is 0 Å². The van der Waals surface area contributed by atoms with Crippen molar-refractivity contribution in [1.29, 1.82) is 0 Å². The van der Waals surface area contributed by atoms with Crippen molar-refractivity contribution in [3.63, 3.8) is 0 Å². The lowest BCUT2D eigenvalue weighted by Gasteiger charge is -2.11. The Hall–Kier alpha value is -3.61. The molecule has 2 rings (SSSR count). The summed E-state index contributed by atoms with van der Waals surface area (Å²) in [5.74, 6) is -1.75. The molecule has 7 nitrogen and oxygen atoms in total. The van der Waals surface area contributed by atoms with E-state index in [4.69, 9.17) is 0 Å². The third-order valence-corrected chi connectivity index (χ3v) is 3.67. The zero-order chi connectivity index (χ0) is 19.8. The lowest BCUT2D eigenvalue weighted by Crippen LogP contribution is -2.16. The van der Waals surface area contributed by atoms with Crippen LogP contribution in [-0.4, -0.2) is 32.1 Å². The number of para-hydroxylation sites is 1. The standard InChI is InChI=1S/C20H20N2O5/c1-13-7-4-5-10-16(13)22-19(24)14-8-6-9-15(11-14)21-17(20(25)27-3)12-18(23)26-2/h4-12,21H,1-3H3,(H,22,24)/b17-12+. The van der Waals surface area contributed by atoms with Crippen LogP contribution in [0.4, 0.5) is 11.4 Å². The van der Waals surface area contributed by atoms with Crippen molar-refractivity contribution in [2.45, 2.75) is 6.92 Å². The van der Waals surface area contributed by atoms with Gasteiger partial charge in [-0.15, -0.1) is 0 Å². The topological polar surface area (TPSA) is 93.7 Å². The summed E-state index contributed by atoms with van der Waals surface area (Å²) >= 11 is 0. The van der Waals surface area contributed by atoms with Gasteiger partial charge in [-0.3, -0.25) is 4.79 Å². The Kier molecular flexibility index (Phi) is 6.71. The maximum absolute atomic E-state index is 12.5. The van der Waals surface area contributed by atoms with Crippen molar-refractivity contribution in [2.24, 2.45) is 0 Å². The third-order valence-electron chi connectivity index (χ3n) is 3.67. The minimum absolute atomic E-state index is 0.110. The summed E-state index contributed by atoms with van der Waals surface area (Å²) in [5, 5.41) is 5.61. The van der Waals surface area contributed by atoms with Crippen LogP contribution in [0.15, 0.2) is 60.3 Å². The average molecular weight is 368 g/mol. The Balaban J connectivity index is 2.22. The van der Waals surface area contributed by atoms with E-state index in [9.17, 15) is 14.4 Å². The van der Waals surface area contributed by atoms with Crippen LogP contribution in [0.1, 0.15) is 15.9 Å². The first-order valence-electron chi connectivity index (χ1n) is 8.06. The fraction of sp³-hybridized carbons (Fsp3) is 0.150. The quantitative estimate of drug-likeness (QED) is 0.601. The summed E-state index contributed by atoms with van der Waals surface area (Å²) in [6.45, 7) is 1.90. The monoisotopic (exact) mass is 368 g/mol. The zero-order valence-electron chi connectivity index (χ0n) is 15.2. The van der Waals surface area contributed by atoms with Crippen molar-refractivity contribution < 1.29 is 23.9 Å². The number of carbonyl (C=O) groups is 3. The molecule has 0 heterocycles. The Morgan fingerprint density at radius 3 is 2.33 bits per heavy atom. The van der Waals surface area contributed by atoms with E-state index in [1.54, 1.807) is 24.3 Å². The molecule has 2 N–H and O–H groups in total. The first-order valence-corrected chi connectivity index (χ1v) is 8.06. The van der Waals surface area contributed by atoms with Crippen LogP contribution >= 0.6 is 0 Å². The molecule has 0 saturated carbocycles. The van der Waals surface area contributed by atoms with Gasteiger partial charge in [-0.05, 0) is 36.8 Å². The van der Waals surface area contributed by atoms with Gasteiger partial charge in [-0.25, -0.2) is 9.59 Å². The van der Waals surface area contributed by atoms with E-state index in [1.807, 2.05) is 31.2 Å². The predicted octanol–water partition coefficient (Wildman–Crippen LogP) is 2.89. The normalized spacial score (nSPS) is 10.7. The van der Waals surface area contributed by atoms with Gasteiger partial charge in [0.25, 0.3) is 5.91 Å². The molecule has 0 radical (unpaired) electrons. The third kappa shape index (κ3) is 5.43. The Labute approximate surface area is 157 Å². The van der Waals surface area contributed by atoms with Crippen LogP contribution < -0.4 is 10.6 Å². The molecule has 27 heavy (non-hydrogen) atoms. The molecule has 1 amide bonds. The molecule has 0 aliphatic rings. The van der Waals surface area contributed by atoms with Crippen LogP contribution in [0.25, 0.3) is 0 Å². The summed E-state index contributed by atoms with van der Waals surface area (Å²) in [6, 6.07) is 13.9. The highest BCUT2D eigenvalue weighted by molar-refractivity contribution is 6.05. The van der Waals surface area contributed by atoms with Gasteiger partial charge in [-0.1, -0.05) is 24.3 Å². The number of nitrogens with one attached hydrogen (secondary N) is 2.